The lowest BCUT2D eigenvalue weighted by molar-refractivity contribution is 0.145. The maximum Gasteiger partial charge on any atom is 0.223 e. The fourth-order valence-corrected chi connectivity index (χ4v) is 4.74. The monoisotopic (exact) mass is 443 g/mol. The molecule has 4 heterocycles. The fourth-order valence-electron chi connectivity index (χ4n) is 4.74. The Labute approximate surface area is 184 Å². The number of hydrogen-bond acceptors (Lipinski definition) is 7. The van der Waals surface area contributed by atoms with E-state index in [1.807, 2.05) is 6.07 Å². The number of anilines is 1. The van der Waals surface area contributed by atoms with Crippen LogP contribution >= 0.6 is 0 Å². The van der Waals surface area contributed by atoms with Crippen LogP contribution in [0.3, 0.4) is 0 Å². The van der Waals surface area contributed by atoms with E-state index in [0.717, 1.165) is 24.7 Å². The summed E-state index contributed by atoms with van der Waals surface area (Å²) in [6.45, 7) is 5.54. The van der Waals surface area contributed by atoms with Crippen LogP contribution in [0.25, 0.3) is 17.0 Å². The van der Waals surface area contributed by atoms with Gasteiger partial charge in [-0.15, -0.1) is 0 Å². The first kappa shape index (κ1) is 21.0. The van der Waals surface area contributed by atoms with E-state index in [1.54, 1.807) is 11.6 Å². The van der Waals surface area contributed by atoms with Crippen LogP contribution < -0.4 is 15.4 Å². The lowest BCUT2D eigenvalue weighted by Gasteiger charge is -2.42. The Bertz CT molecular complexity index is 1140. The predicted molar refractivity (Wildman–Crippen MR) is 116 cm³/mol. The molecule has 0 amide bonds. The standard InChI is InChI=1S/C22H27F2N7O/c1-22(2)7-12(8-22)19-17(32-3)6-18-26-11-16(31(18)30-19)20-14(24)9-27-21(29-20)28-15-10-25-5-4-13(15)23/h6,9,11-13,15,25H,4-5,7-8,10H2,1-3H3,(H,27,28,29). The molecule has 8 nitrogen and oxygen atoms in total. The van der Waals surface area contributed by atoms with Crippen molar-refractivity contribution in [3.8, 4) is 17.1 Å². The highest BCUT2D eigenvalue weighted by molar-refractivity contribution is 5.62. The lowest BCUT2D eigenvalue weighted by Crippen LogP contribution is -2.46. The number of hydrogen-bond donors (Lipinski definition) is 2. The number of methoxy groups -OCH3 is 1. The molecular formula is C22H27F2N7O. The van der Waals surface area contributed by atoms with E-state index >= 15 is 0 Å². The van der Waals surface area contributed by atoms with Gasteiger partial charge in [0, 0.05) is 18.5 Å². The molecule has 2 unspecified atom stereocenters. The van der Waals surface area contributed by atoms with Crippen LogP contribution in [0, 0.1) is 11.2 Å². The molecule has 1 aliphatic carbocycles. The van der Waals surface area contributed by atoms with E-state index in [1.165, 1.54) is 6.20 Å². The molecule has 3 aromatic rings. The zero-order chi connectivity index (χ0) is 22.5. The zero-order valence-electron chi connectivity index (χ0n) is 18.4. The minimum Gasteiger partial charge on any atom is -0.495 e. The van der Waals surface area contributed by atoms with Crippen LogP contribution in [0.5, 0.6) is 5.75 Å². The normalized spacial score (nSPS) is 23.2. The number of rotatable bonds is 5. The zero-order valence-corrected chi connectivity index (χ0v) is 18.4. The van der Waals surface area contributed by atoms with E-state index in [0.29, 0.717) is 36.6 Å². The highest BCUT2D eigenvalue weighted by atomic mass is 19.1. The fraction of sp³-hybridized carbons (Fsp3) is 0.545. The number of aromatic nitrogens is 5. The van der Waals surface area contributed by atoms with Gasteiger partial charge in [-0.3, -0.25) is 0 Å². The maximum absolute atomic E-state index is 14.8. The minimum atomic E-state index is -1.02. The van der Waals surface area contributed by atoms with Crippen molar-refractivity contribution in [2.24, 2.45) is 5.41 Å². The molecule has 3 aromatic heterocycles. The average molecular weight is 444 g/mol. The first-order chi connectivity index (χ1) is 15.3. The Balaban J connectivity index is 1.51. The van der Waals surface area contributed by atoms with Gasteiger partial charge in [0.2, 0.25) is 5.95 Å². The molecule has 32 heavy (non-hydrogen) atoms. The largest absolute Gasteiger partial charge is 0.495 e. The van der Waals surface area contributed by atoms with Crippen molar-refractivity contribution in [2.45, 2.75) is 51.2 Å². The molecule has 170 valence electrons. The second-order valence-electron chi connectivity index (χ2n) is 9.43. The Hall–Kier alpha value is -2.88. The SMILES string of the molecule is COc1cc2ncc(-c3nc(NC4CNCCC4F)ncc3F)n2nc1C1CC(C)(C)C1. The lowest BCUT2D eigenvalue weighted by atomic mass is 9.63. The maximum atomic E-state index is 14.8. The highest BCUT2D eigenvalue weighted by Crippen LogP contribution is 2.51. The topological polar surface area (TPSA) is 89.3 Å². The second kappa shape index (κ2) is 7.91. The van der Waals surface area contributed by atoms with Gasteiger partial charge in [-0.1, -0.05) is 13.8 Å². The molecule has 1 saturated carbocycles. The van der Waals surface area contributed by atoms with Gasteiger partial charge in [-0.25, -0.2) is 28.2 Å². The first-order valence-corrected chi connectivity index (χ1v) is 10.9. The van der Waals surface area contributed by atoms with Crippen LogP contribution in [-0.4, -0.2) is 57.0 Å². The number of ether oxygens (including phenoxy) is 1. The van der Waals surface area contributed by atoms with Gasteiger partial charge >= 0.3 is 0 Å². The van der Waals surface area contributed by atoms with Crippen molar-refractivity contribution >= 4 is 11.6 Å². The summed E-state index contributed by atoms with van der Waals surface area (Å²) in [6, 6.07) is 1.34. The average Bonchev–Trinajstić information content (AvgIpc) is 3.16. The van der Waals surface area contributed by atoms with Gasteiger partial charge < -0.3 is 15.4 Å². The number of halogens is 2. The van der Waals surface area contributed by atoms with E-state index in [2.05, 4.69) is 39.4 Å². The van der Waals surface area contributed by atoms with Gasteiger partial charge in [-0.05, 0) is 31.2 Å². The molecule has 2 N–H and O–H groups in total. The number of nitrogens with zero attached hydrogens (tertiary/aromatic N) is 5. The molecule has 0 radical (unpaired) electrons. The Morgan fingerprint density at radius 3 is 2.78 bits per heavy atom. The van der Waals surface area contributed by atoms with E-state index in [9.17, 15) is 8.78 Å². The number of alkyl halides is 1. The molecule has 10 heteroatoms. The third-order valence-corrected chi connectivity index (χ3v) is 6.39. The van der Waals surface area contributed by atoms with Gasteiger partial charge in [-0.2, -0.15) is 5.10 Å². The molecule has 0 aromatic carbocycles. The Kier molecular flexibility index (Phi) is 5.19. The smallest absolute Gasteiger partial charge is 0.223 e. The third kappa shape index (κ3) is 3.76. The molecule has 2 atom stereocenters. The van der Waals surface area contributed by atoms with Crippen LogP contribution in [-0.2, 0) is 0 Å². The van der Waals surface area contributed by atoms with Crippen LogP contribution in [0.4, 0.5) is 14.7 Å². The molecule has 1 saturated heterocycles. The Morgan fingerprint density at radius 2 is 2.06 bits per heavy atom. The summed E-state index contributed by atoms with van der Waals surface area (Å²) in [5.41, 5.74) is 2.11. The first-order valence-electron chi connectivity index (χ1n) is 10.9. The van der Waals surface area contributed by atoms with Gasteiger partial charge in [0.15, 0.2) is 11.5 Å². The van der Waals surface area contributed by atoms with Crippen molar-refractivity contribution in [3.05, 3.63) is 30.0 Å². The summed E-state index contributed by atoms with van der Waals surface area (Å²) >= 11 is 0. The molecule has 5 rings (SSSR count). The summed E-state index contributed by atoms with van der Waals surface area (Å²) in [4.78, 5) is 12.7. The molecule has 0 bridgehead atoms. The summed E-state index contributed by atoms with van der Waals surface area (Å²) in [5, 5.41) is 10.9. The van der Waals surface area contributed by atoms with Crippen molar-refractivity contribution in [3.63, 3.8) is 0 Å². The summed E-state index contributed by atoms with van der Waals surface area (Å²) in [5.74, 6) is 0.522. The van der Waals surface area contributed by atoms with Gasteiger partial charge in [0.1, 0.15) is 29.0 Å². The number of piperidine rings is 1. The summed E-state index contributed by atoms with van der Waals surface area (Å²) in [7, 11) is 1.62. The molecule has 2 fully saturated rings. The van der Waals surface area contributed by atoms with E-state index in [-0.39, 0.29) is 23.0 Å². The van der Waals surface area contributed by atoms with E-state index in [4.69, 9.17) is 9.84 Å². The number of nitrogens with one attached hydrogen (secondary N) is 2. The molecule has 0 spiro atoms. The van der Waals surface area contributed by atoms with Gasteiger partial charge in [0.05, 0.1) is 25.5 Å². The second-order valence-corrected chi connectivity index (χ2v) is 9.43. The van der Waals surface area contributed by atoms with Crippen LogP contribution in [0.1, 0.15) is 44.7 Å². The summed E-state index contributed by atoms with van der Waals surface area (Å²) < 4.78 is 36.1. The van der Waals surface area contributed by atoms with Crippen molar-refractivity contribution in [1.29, 1.82) is 0 Å². The Morgan fingerprint density at radius 1 is 1.25 bits per heavy atom. The van der Waals surface area contributed by atoms with Crippen molar-refractivity contribution < 1.29 is 13.5 Å². The van der Waals surface area contributed by atoms with E-state index < -0.39 is 18.0 Å². The van der Waals surface area contributed by atoms with Crippen molar-refractivity contribution in [2.75, 3.05) is 25.5 Å². The minimum absolute atomic E-state index is 0.0618. The predicted octanol–water partition coefficient (Wildman–Crippen LogP) is 3.35. The van der Waals surface area contributed by atoms with Crippen LogP contribution in [0.15, 0.2) is 18.5 Å². The van der Waals surface area contributed by atoms with Gasteiger partial charge in [0.25, 0.3) is 0 Å². The molecule has 1 aliphatic heterocycles. The quantitative estimate of drug-likeness (QED) is 0.625. The molecular weight excluding hydrogens is 416 g/mol. The van der Waals surface area contributed by atoms with Crippen molar-refractivity contribution in [1.82, 2.24) is 29.9 Å². The van der Waals surface area contributed by atoms with Crippen LogP contribution in [0.2, 0.25) is 0 Å². The number of imidazole rings is 1. The number of fused-ring (bicyclic) bond motifs is 1. The highest BCUT2D eigenvalue weighted by Gasteiger charge is 2.39. The third-order valence-electron chi connectivity index (χ3n) is 6.39. The molecule has 2 aliphatic rings. The summed E-state index contributed by atoms with van der Waals surface area (Å²) in [6.07, 6.45) is 4.01.